The van der Waals surface area contributed by atoms with Gasteiger partial charge in [0, 0.05) is 95.4 Å². The van der Waals surface area contributed by atoms with Crippen molar-refractivity contribution in [1.82, 2.24) is 59.6 Å². The molecule has 0 aromatic carbocycles. The minimum atomic E-state index is -1.56. The number of hydrogen-bond donors (Lipinski definition) is 2. The Balaban J connectivity index is 1.35. The predicted molar refractivity (Wildman–Crippen MR) is 405 cm³/mol. The Hall–Kier alpha value is -6.12. The second-order valence-electron chi connectivity index (χ2n) is 33.3. The van der Waals surface area contributed by atoms with E-state index < -0.39 is 168 Å². The molecule has 2 bridgehead atoms. The van der Waals surface area contributed by atoms with Gasteiger partial charge in [0.2, 0.25) is 70.9 Å². The van der Waals surface area contributed by atoms with Crippen LogP contribution in [0, 0.1) is 35.0 Å². The van der Waals surface area contributed by atoms with E-state index in [0.29, 0.717) is 50.9 Å². The molecule has 0 aromatic heterocycles. The molecule has 1 spiro atoms. The third-order valence-corrected chi connectivity index (χ3v) is 25.9. The Labute approximate surface area is 641 Å². The number of amides is 12. The number of likely N-dealkylation sites (N-methyl/N-ethyl adjacent to an activating group) is 8. The number of alkyl halides is 2. The van der Waals surface area contributed by atoms with Crippen LogP contribution >= 0.6 is 23.2 Å². The van der Waals surface area contributed by atoms with Gasteiger partial charge < -0.3 is 69.1 Å². The van der Waals surface area contributed by atoms with Crippen LogP contribution < -0.4 is 10.6 Å². The van der Waals surface area contributed by atoms with E-state index in [0.717, 1.165) is 62.7 Å². The SMILES string of the molecule is CCC(CC)[C@H]1C(=O)N(C)[C@H](C(=O)N(C)C)CC(=O)N(C)[C@@H](COC)C(=O)N[C@@H]([C@@H](C)CC)C(=O)N(C)CC(=O)N(C)[C@H]2C/C=C\CCN(C2=O)[C@@H](CC2CCC(C)CC2)C(=O)N(C)CC(=O)N[C@@H](CCC2CCC(Cl)C(Cl)C2)C(=O)N2C[C@H](OC3CCCC3)C[C@H]2C(=O)N(C)C2(CC(C)(C)C2)C(=O)N1C. The predicted octanol–water partition coefficient (Wildman–Crippen LogP) is 6.31. The summed E-state index contributed by atoms with van der Waals surface area (Å²) in [6.07, 6.45) is 14.3. The maximum absolute atomic E-state index is 16.1. The monoisotopic (exact) mass is 1530 g/mol. The summed E-state index contributed by atoms with van der Waals surface area (Å²) in [4.78, 5) is 197. The number of carbonyl (C=O) groups excluding carboxylic acids is 12. The van der Waals surface area contributed by atoms with Gasteiger partial charge in [-0.05, 0) is 112 Å². The van der Waals surface area contributed by atoms with Gasteiger partial charge in [0.25, 0.3) is 0 Å². The number of ether oxygens (including phenoxy) is 2. The van der Waals surface area contributed by atoms with Gasteiger partial charge in [-0.25, -0.2) is 0 Å². The highest BCUT2D eigenvalue weighted by Crippen LogP contribution is 2.53. The third-order valence-electron chi connectivity index (χ3n) is 24.7. The Kier molecular flexibility index (Phi) is 31.6. The normalized spacial score (nSPS) is 31.9. The molecule has 26 nitrogen and oxygen atoms in total. The smallest absolute Gasteiger partial charge is 0.249 e. The highest BCUT2D eigenvalue weighted by molar-refractivity contribution is 6.30. The van der Waals surface area contributed by atoms with Crippen molar-refractivity contribution in [2.45, 2.75) is 273 Å². The van der Waals surface area contributed by atoms with E-state index in [1.165, 1.54) is 103 Å². The zero-order chi connectivity index (χ0) is 78.6. The minimum absolute atomic E-state index is 0.00325. The molecular weight excluding hydrogens is 1400 g/mol. The molecule has 598 valence electrons. The van der Waals surface area contributed by atoms with E-state index in [-0.39, 0.29) is 86.9 Å². The summed E-state index contributed by atoms with van der Waals surface area (Å²) in [5.41, 5.74) is -2.05. The van der Waals surface area contributed by atoms with E-state index in [1.807, 2.05) is 46.8 Å². The van der Waals surface area contributed by atoms with Crippen molar-refractivity contribution < 1.29 is 67.0 Å². The van der Waals surface area contributed by atoms with E-state index >= 15 is 33.6 Å². The highest BCUT2D eigenvalue weighted by atomic mass is 35.5. The van der Waals surface area contributed by atoms with Crippen LogP contribution in [0.2, 0.25) is 0 Å². The van der Waals surface area contributed by atoms with Gasteiger partial charge in [-0.15, -0.1) is 23.2 Å². The van der Waals surface area contributed by atoms with Gasteiger partial charge in [0.05, 0.1) is 43.7 Å². The molecule has 28 heteroatoms. The number of fused-ring (bicyclic) bond motifs is 3. The highest BCUT2D eigenvalue weighted by Gasteiger charge is 2.62. The Bertz CT molecular complexity index is 3130. The van der Waals surface area contributed by atoms with E-state index in [2.05, 4.69) is 17.6 Å². The first-order valence-electron chi connectivity index (χ1n) is 39.3. The van der Waals surface area contributed by atoms with Gasteiger partial charge in [-0.1, -0.05) is 118 Å². The molecule has 13 atom stereocenters. The number of halogens is 2. The maximum Gasteiger partial charge on any atom is 0.249 e. The molecular formula is C78H128Cl2N12O14. The first-order valence-corrected chi connectivity index (χ1v) is 40.2. The van der Waals surface area contributed by atoms with Crippen molar-refractivity contribution in [3.05, 3.63) is 12.2 Å². The van der Waals surface area contributed by atoms with Crippen LogP contribution in [0.25, 0.3) is 0 Å². The molecule has 106 heavy (non-hydrogen) atoms. The first kappa shape index (κ1) is 87.1. The van der Waals surface area contributed by atoms with Crippen molar-refractivity contribution in [3.63, 3.8) is 0 Å². The maximum atomic E-state index is 16.1. The number of carbonyl (C=O) groups is 12. The minimum Gasteiger partial charge on any atom is -0.382 e. The van der Waals surface area contributed by atoms with Crippen LogP contribution in [0.1, 0.15) is 196 Å². The van der Waals surface area contributed by atoms with E-state index in [9.17, 15) is 24.0 Å². The molecule has 0 aromatic rings. The molecule has 7 aliphatic rings. The second-order valence-corrected chi connectivity index (χ2v) is 34.4. The lowest BCUT2D eigenvalue weighted by Crippen LogP contribution is -2.71. The van der Waals surface area contributed by atoms with Gasteiger partial charge in [0.1, 0.15) is 53.9 Å². The second kappa shape index (κ2) is 38.5. The van der Waals surface area contributed by atoms with Crippen LogP contribution in [-0.2, 0) is 67.0 Å². The summed E-state index contributed by atoms with van der Waals surface area (Å²) in [5, 5.41) is 5.34. The molecule has 3 heterocycles. The number of nitrogens with one attached hydrogen (secondary N) is 2. The number of hydrogen-bond acceptors (Lipinski definition) is 14. The summed E-state index contributed by atoms with van der Waals surface area (Å²) >= 11 is 13.4. The standard InChI is InChI=1S/C78H128Cl2N12O14/c1-18-49(5)66-74(102)85(11)44-65(95)86(12)58-28-22-21-25-37-91(73(58)101)60(39-51-31-29-48(4)30-32-51)71(99)84(10)43-63(93)81-57(36-34-50-33-35-55(79)56(80)38-50)69(97)92-42-54(106-53-26-23-24-27-53)40-61(92)72(100)90(16)78(46-77(6,7)47-78)76(104)89(15)67(52(19-2)20-3)75(103)88(14)59(70(98)83(8)9)41-64(94)87(13)62(45-105-17)68(96)82-66/h21-22,48-62,66-67H,18-20,23-47H2,1-17H3,(H,81,93)(H,82,96)/b22-21-/t48?,49-,50?,51?,54+,55?,56?,57-,58-,59-,60-,61-,62-,66-,67-/m0/s1. The van der Waals surface area contributed by atoms with Crippen LogP contribution in [0.15, 0.2) is 12.2 Å². The lowest BCUT2D eigenvalue weighted by Gasteiger charge is -2.58. The topological polar surface area (TPSA) is 280 Å². The fraction of sp³-hybridized carbons (Fsp3) is 0.821. The van der Waals surface area contributed by atoms with Gasteiger partial charge >= 0.3 is 0 Å². The summed E-state index contributed by atoms with van der Waals surface area (Å²) in [6.45, 7) is 12.3. The molecule has 6 fully saturated rings. The molecule has 2 N–H and O–H groups in total. The number of nitrogens with zero attached hydrogens (tertiary/aromatic N) is 10. The molecule has 7 rings (SSSR count). The zero-order valence-electron chi connectivity index (χ0n) is 66.7. The molecule has 4 aliphatic carbocycles. The molecule has 4 saturated carbocycles. The van der Waals surface area contributed by atoms with Crippen LogP contribution in [-0.4, -0.2) is 300 Å². The van der Waals surface area contributed by atoms with Crippen LogP contribution in [0.5, 0.6) is 0 Å². The van der Waals surface area contributed by atoms with Gasteiger partial charge in [-0.3, -0.25) is 57.5 Å². The number of rotatable bonds is 15. The van der Waals surface area contributed by atoms with Gasteiger partial charge in [-0.2, -0.15) is 0 Å². The summed E-state index contributed by atoms with van der Waals surface area (Å²) in [6, 6.07) is -9.95. The first-order chi connectivity index (χ1) is 50.0. The average Bonchev–Trinajstić information content (AvgIpc) is 0.924. The zero-order valence-corrected chi connectivity index (χ0v) is 68.2. The summed E-state index contributed by atoms with van der Waals surface area (Å²) < 4.78 is 12.3. The fourth-order valence-corrected chi connectivity index (χ4v) is 18.3. The van der Waals surface area contributed by atoms with Crippen LogP contribution in [0.3, 0.4) is 0 Å². The van der Waals surface area contributed by atoms with Crippen LogP contribution in [0.4, 0.5) is 0 Å². The summed E-state index contributed by atoms with van der Waals surface area (Å²) in [7, 11) is 14.6. The molecule has 12 amide bonds. The quantitative estimate of drug-likeness (QED) is 0.134. The molecule has 2 saturated heterocycles. The number of methoxy groups -OCH3 is 1. The molecule has 3 aliphatic heterocycles. The van der Waals surface area contributed by atoms with E-state index in [1.54, 1.807) is 18.9 Å². The van der Waals surface area contributed by atoms with Gasteiger partial charge in [0.15, 0.2) is 0 Å². The van der Waals surface area contributed by atoms with Crippen molar-refractivity contribution >= 4 is 94.1 Å². The Morgan fingerprint density at radius 2 is 1.27 bits per heavy atom. The van der Waals surface area contributed by atoms with Crippen molar-refractivity contribution in [2.24, 2.45) is 35.0 Å². The molecule has 0 radical (unpaired) electrons. The molecule has 3 unspecified atom stereocenters. The van der Waals surface area contributed by atoms with Crippen molar-refractivity contribution in [3.8, 4) is 0 Å². The third kappa shape index (κ3) is 20.9. The fourth-order valence-electron chi connectivity index (χ4n) is 17.7. The average molecular weight is 1530 g/mol. The summed E-state index contributed by atoms with van der Waals surface area (Å²) in [5.74, 6) is -7.80. The van der Waals surface area contributed by atoms with Crippen molar-refractivity contribution in [1.29, 1.82) is 0 Å². The van der Waals surface area contributed by atoms with Crippen molar-refractivity contribution in [2.75, 3.05) is 103 Å². The largest absolute Gasteiger partial charge is 0.382 e. The van der Waals surface area contributed by atoms with E-state index in [4.69, 9.17) is 32.7 Å². The lowest BCUT2D eigenvalue weighted by molar-refractivity contribution is -0.174. The Morgan fingerprint density at radius 3 is 1.87 bits per heavy atom. The Morgan fingerprint density at radius 1 is 0.642 bits per heavy atom. The lowest BCUT2D eigenvalue weighted by atomic mass is 9.57.